The fourth-order valence-electron chi connectivity index (χ4n) is 1.77. The summed E-state index contributed by atoms with van der Waals surface area (Å²) in [6.45, 7) is 0. The highest BCUT2D eigenvalue weighted by Crippen LogP contribution is 2.24. The zero-order valence-electron chi connectivity index (χ0n) is 9.07. The van der Waals surface area contributed by atoms with Crippen LogP contribution in [0.25, 0.3) is 10.9 Å². The van der Waals surface area contributed by atoms with Crippen molar-refractivity contribution in [1.29, 1.82) is 0 Å². The van der Waals surface area contributed by atoms with Crippen molar-refractivity contribution in [1.82, 2.24) is 4.98 Å². The van der Waals surface area contributed by atoms with Gasteiger partial charge in [0.05, 0.1) is 13.5 Å². The zero-order valence-corrected chi connectivity index (χ0v) is 9.07. The molecule has 1 aromatic carbocycles. The number of methoxy groups -OCH3 is 1. The van der Waals surface area contributed by atoms with Gasteiger partial charge in [-0.25, -0.2) is 0 Å². The number of esters is 1. The molecule has 1 heterocycles. The van der Waals surface area contributed by atoms with E-state index in [0.717, 1.165) is 16.5 Å². The van der Waals surface area contributed by atoms with Gasteiger partial charge in [-0.15, -0.1) is 0 Å². The van der Waals surface area contributed by atoms with Crippen LogP contribution in [0.4, 0.5) is 0 Å². The van der Waals surface area contributed by atoms with Crippen molar-refractivity contribution < 1.29 is 9.53 Å². The lowest BCUT2D eigenvalue weighted by Crippen LogP contribution is -2.15. The van der Waals surface area contributed by atoms with Crippen molar-refractivity contribution in [2.24, 2.45) is 5.73 Å². The van der Waals surface area contributed by atoms with E-state index in [9.17, 15) is 4.79 Å². The van der Waals surface area contributed by atoms with Gasteiger partial charge in [-0.3, -0.25) is 4.79 Å². The van der Waals surface area contributed by atoms with Crippen LogP contribution < -0.4 is 5.73 Å². The Bertz CT molecular complexity index is 504. The SMILES string of the molecule is COC(=O)CC(N)c1c[nH]c2ccccc12. The van der Waals surface area contributed by atoms with E-state index in [-0.39, 0.29) is 18.4 Å². The molecule has 16 heavy (non-hydrogen) atoms. The van der Waals surface area contributed by atoms with Crippen LogP contribution in [0.3, 0.4) is 0 Å². The number of benzene rings is 1. The average molecular weight is 218 g/mol. The van der Waals surface area contributed by atoms with Crippen molar-refractivity contribution in [2.45, 2.75) is 12.5 Å². The van der Waals surface area contributed by atoms with Crippen molar-refractivity contribution in [3.63, 3.8) is 0 Å². The van der Waals surface area contributed by atoms with Gasteiger partial charge >= 0.3 is 5.97 Å². The number of nitrogens with two attached hydrogens (primary N) is 1. The molecule has 0 radical (unpaired) electrons. The first-order valence-corrected chi connectivity index (χ1v) is 5.11. The third kappa shape index (κ3) is 1.92. The van der Waals surface area contributed by atoms with E-state index in [0.29, 0.717) is 0 Å². The second-order valence-corrected chi connectivity index (χ2v) is 3.68. The standard InChI is InChI=1S/C12H14N2O2/c1-16-12(15)6-10(13)9-7-14-11-5-3-2-4-8(9)11/h2-5,7,10,14H,6,13H2,1H3. The number of nitrogens with one attached hydrogen (secondary N) is 1. The molecule has 0 saturated carbocycles. The Morgan fingerprint density at radius 3 is 3.00 bits per heavy atom. The van der Waals surface area contributed by atoms with Gasteiger partial charge in [-0.05, 0) is 11.6 Å². The van der Waals surface area contributed by atoms with Crippen molar-refractivity contribution in [2.75, 3.05) is 7.11 Å². The second kappa shape index (κ2) is 4.37. The first-order chi connectivity index (χ1) is 7.72. The van der Waals surface area contributed by atoms with Crippen LogP contribution in [0.15, 0.2) is 30.5 Å². The van der Waals surface area contributed by atoms with E-state index >= 15 is 0 Å². The Balaban J connectivity index is 2.29. The molecule has 84 valence electrons. The van der Waals surface area contributed by atoms with Gasteiger partial charge in [-0.1, -0.05) is 18.2 Å². The Kier molecular flexibility index (Phi) is 2.92. The number of hydrogen-bond acceptors (Lipinski definition) is 3. The summed E-state index contributed by atoms with van der Waals surface area (Å²) in [6, 6.07) is 7.53. The molecule has 0 aliphatic carbocycles. The van der Waals surface area contributed by atoms with Crippen LogP contribution in [-0.2, 0) is 9.53 Å². The third-order valence-corrected chi connectivity index (χ3v) is 2.63. The lowest BCUT2D eigenvalue weighted by molar-refractivity contribution is -0.141. The fraction of sp³-hybridized carbons (Fsp3) is 0.250. The second-order valence-electron chi connectivity index (χ2n) is 3.68. The Morgan fingerprint density at radius 2 is 2.25 bits per heavy atom. The van der Waals surface area contributed by atoms with Crippen LogP contribution >= 0.6 is 0 Å². The predicted molar refractivity (Wildman–Crippen MR) is 61.9 cm³/mol. The average Bonchev–Trinajstić information content (AvgIpc) is 2.72. The molecule has 0 spiro atoms. The van der Waals surface area contributed by atoms with Gasteiger partial charge in [0.15, 0.2) is 0 Å². The molecule has 4 nitrogen and oxygen atoms in total. The molecule has 4 heteroatoms. The number of H-pyrrole nitrogens is 1. The Morgan fingerprint density at radius 1 is 1.50 bits per heavy atom. The number of rotatable bonds is 3. The van der Waals surface area contributed by atoms with Gasteiger partial charge in [0, 0.05) is 23.1 Å². The summed E-state index contributed by atoms with van der Waals surface area (Å²) in [4.78, 5) is 14.3. The predicted octanol–water partition coefficient (Wildman–Crippen LogP) is 1.73. The van der Waals surface area contributed by atoms with E-state index in [2.05, 4.69) is 9.72 Å². The number of carbonyl (C=O) groups excluding carboxylic acids is 1. The maximum Gasteiger partial charge on any atom is 0.307 e. The van der Waals surface area contributed by atoms with E-state index in [1.807, 2.05) is 30.5 Å². The van der Waals surface area contributed by atoms with E-state index in [1.54, 1.807) is 0 Å². The molecule has 1 atom stereocenters. The van der Waals surface area contributed by atoms with Gasteiger partial charge in [0.25, 0.3) is 0 Å². The van der Waals surface area contributed by atoms with Crippen molar-refractivity contribution in [3.05, 3.63) is 36.0 Å². The Hall–Kier alpha value is -1.81. The van der Waals surface area contributed by atoms with Gasteiger partial charge in [0.1, 0.15) is 0 Å². The maximum absolute atomic E-state index is 11.1. The first-order valence-electron chi connectivity index (χ1n) is 5.11. The molecule has 2 aromatic rings. The highest BCUT2D eigenvalue weighted by molar-refractivity contribution is 5.84. The smallest absolute Gasteiger partial charge is 0.307 e. The monoisotopic (exact) mass is 218 g/mol. The molecule has 0 amide bonds. The summed E-state index contributed by atoms with van der Waals surface area (Å²) < 4.78 is 4.60. The minimum Gasteiger partial charge on any atom is -0.469 e. The third-order valence-electron chi connectivity index (χ3n) is 2.63. The highest BCUT2D eigenvalue weighted by atomic mass is 16.5. The van der Waals surface area contributed by atoms with Crippen molar-refractivity contribution in [3.8, 4) is 0 Å². The van der Waals surface area contributed by atoms with Crippen LogP contribution in [0, 0.1) is 0 Å². The number of para-hydroxylation sites is 1. The molecule has 0 aliphatic rings. The first kappa shape index (κ1) is 10.7. The summed E-state index contributed by atoms with van der Waals surface area (Å²) in [5.74, 6) is -0.294. The van der Waals surface area contributed by atoms with Gasteiger partial charge < -0.3 is 15.5 Å². The molecular formula is C12H14N2O2. The summed E-state index contributed by atoms with van der Waals surface area (Å²) in [5.41, 5.74) is 7.93. The van der Waals surface area contributed by atoms with Gasteiger partial charge in [-0.2, -0.15) is 0 Å². The lowest BCUT2D eigenvalue weighted by Gasteiger charge is -2.08. The molecule has 3 N–H and O–H groups in total. The quantitative estimate of drug-likeness (QED) is 0.771. The molecule has 0 fully saturated rings. The molecule has 0 bridgehead atoms. The van der Waals surface area contributed by atoms with E-state index in [1.165, 1.54) is 7.11 Å². The molecule has 1 unspecified atom stereocenters. The minimum absolute atomic E-state index is 0.193. The van der Waals surface area contributed by atoms with Crippen LogP contribution in [0.2, 0.25) is 0 Å². The number of hydrogen-bond donors (Lipinski definition) is 2. The number of fused-ring (bicyclic) bond motifs is 1. The normalized spacial score (nSPS) is 12.6. The van der Waals surface area contributed by atoms with Gasteiger partial charge in [0.2, 0.25) is 0 Å². The summed E-state index contributed by atoms with van der Waals surface area (Å²) >= 11 is 0. The van der Waals surface area contributed by atoms with E-state index < -0.39 is 0 Å². The molecule has 2 rings (SSSR count). The van der Waals surface area contributed by atoms with E-state index in [4.69, 9.17) is 5.73 Å². The molecule has 0 saturated heterocycles. The van der Waals surface area contributed by atoms with Crippen LogP contribution in [-0.4, -0.2) is 18.1 Å². The number of carbonyl (C=O) groups is 1. The Labute approximate surface area is 93.4 Å². The van der Waals surface area contributed by atoms with Crippen molar-refractivity contribution >= 4 is 16.9 Å². The molecule has 1 aromatic heterocycles. The minimum atomic E-state index is -0.330. The fourth-order valence-corrected chi connectivity index (χ4v) is 1.77. The summed E-state index contributed by atoms with van der Waals surface area (Å²) in [6.07, 6.45) is 2.04. The largest absolute Gasteiger partial charge is 0.469 e. The highest BCUT2D eigenvalue weighted by Gasteiger charge is 2.15. The lowest BCUT2D eigenvalue weighted by atomic mass is 10.0. The molecule has 0 aliphatic heterocycles. The number of aromatic nitrogens is 1. The zero-order chi connectivity index (χ0) is 11.5. The summed E-state index contributed by atoms with van der Waals surface area (Å²) in [5, 5.41) is 1.05. The number of ether oxygens (including phenoxy) is 1. The van der Waals surface area contributed by atoms with Crippen LogP contribution in [0.1, 0.15) is 18.0 Å². The van der Waals surface area contributed by atoms with Crippen LogP contribution in [0.5, 0.6) is 0 Å². The maximum atomic E-state index is 11.1. The topological polar surface area (TPSA) is 68.1 Å². The molecular weight excluding hydrogens is 204 g/mol. The summed E-state index contributed by atoms with van der Waals surface area (Å²) in [7, 11) is 1.37. The number of aromatic amines is 1.